The van der Waals surface area contributed by atoms with E-state index in [1.165, 1.54) is 34.4 Å². The molecular weight excluding hydrogens is 314 g/mol. The highest BCUT2D eigenvalue weighted by Gasteiger charge is 2.12. The fraction of sp³-hybridized carbons (Fsp3) is 0.154. The van der Waals surface area contributed by atoms with E-state index in [0.717, 1.165) is 5.69 Å². The highest BCUT2D eigenvalue weighted by atomic mass is 35.5. The largest absolute Gasteiger partial charge is 0.478 e. The maximum atomic E-state index is 12.0. The van der Waals surface area contributed by atoms with Gasteiger partial charge in [-0.1, -0.05) is 11.6 Å². The third-order valence-corrected chi connectivity index (χ3v) is 3.48. The molecule has 0 aliphatic heterocycles. The number of carboxylic acid groups (broad SMARTS) is 1. The van der Waals surface area contributed by atoms with Crippen molar-refractivity contribution in [1.82, 2.24) is 9.88 Å². The maximum Gasteiger partial charge on any atom is 0.335 e. The van der Waals surface area contributed by atoms with Gasteiger partial charge in [0.25, 0.3) is 0 Å². The lowest BCUT2D eigenvalue weighted by Crippen LogP contribution is -2.31. The monoisotopic (exact) mass is 325 g/mol. The predicted molar refractivity (Wildman–Crippen MR) is 81.0 cm³/mol. The molecule has 0 radical (unpaired) electrons. The van der Waals surface area contributed by atoms with Crippen molar-refractivity contribution in [3.63, 3.8) is 0 Å². The van der Waals surface area contributed by atoms with E-state index in [0.29, 0.717) is 12.2 Å². The molecule has 0 unspecified atom stereocenters. The number of hydrogen-bond donors (Lipinski definition) is 2. The molecule has 2 amide bonds. The van der Waals surface area contributed by atoms with E-state index in [4.69, 9.17) is 16.7 Å². The summed E-state index contributed by atoms with van der Waals surface area (Å²) in [4.78, 5) is 28.5. The molecule has 2 aromatic rings. The van der Waals surface area contributed by atoms with Crippen LogP contribution in [0.2, 0.25) is 5.02 Å². The van der Waals surface area contributed by atoms with Crippen LogP contribution < -0.4 is 5.32 Å². The summed E-state index contributed by atoms with van der Waals surface area (Å²) in [5, 5.41) is 13.7. The highest BCUT2D eigenvalue weighted by molar-refractivity contribution is 7.07. The molecule has 0 saturated carbocycles. The van der Waals surface area contributed by atoms with Gasteiger partial charge in [0.2, 0.25) is 0 Å². The second-order valence-electron chi connectivity index (χ2n) is 4.30. The molecule has 0 saturated heterocycles. The molecule has 1 aromatic heterocycles. The van der Waals surface area contributed by atoms with Crippen molar-refractivity contribution in [1.29, 1.82) is 0 Å². The van der Waals surface area contributed by atoms with Crippen molar-refractivity contribution in [3.8, 4) is 0 Å². The summed E-state index contributed by atoms with van der Waals surface area (Å²) in [6, 6.07) is 3.78. The minimum atomic E-state index is -1.11. The molecule has 0 aliphatic carbocycles. The van der Waals surface area contributed by atoms with Crippen LogP contribution in [0.25, 0.3) is 0 Å². The van der Waals surface area contributed by atoms with E-state index >= 15 is 0 Å². The lowest BCUT2D eigenvalue weighted by atomic mass is 10.2. The second kappa shape index (κ2) is 6.55. The Hall–Kier alpha value is -2.12. The Kier molecular flexibility index (Phi) is 4.77. The molecule has 0 fully saturated rings. The van der Waals surface area contributed by atoms with Crippen LogP contribution in [0.3, 0.4) is 0 Å². The zero-order valence-electron chi connectivity index (χ0n) is 11.0. The summed E-state index contributed by atoms with van der Waals surface area (Å²) in [6.45, 7) is 0.363. The Balaban J connectivity index is 2.06. The summed E-state index contributed by atoms with van der Waals surface area (Å²) in [7, 11) is 1.62. The topological polar surface area (TPSA) is 82.5 Å². The quantitative estimate of drug-likeness (QED) is 0.904. The molecule has 0 spiro atoms. The van der Waals surface area contributed by atoms with E-state index in [1.54, 1.807) is 12.6 Å². The van der Waals surface area contributed by atoms with Crippen molar-refractivity contribution in [2.24, 2.45) is 0 Å². The van der Waals surface area contributed by atoms with Gasteiger partial charge in [-0.2, -0.15) is 0 Å². The molecular formula is C13H12ClN3O3S. The number of nitrogens with one attached hydrogen (secondary N) is 1. The van der Waals surface area contributed by atoms with Gasteiger partial charge in [0.15, 0.2) is 0 Å². The zero-order valence-corrected chi connectivity index (χ0v) is 12.6. The minimum Gasteiger partial charge on any atom is -0.478 e. The summed E-state index contributed by atoms with van der Waals surface area (Å²) < 4.78 is 0. The third-order valence-electron chi connectivity index (χ3n) is 2.63. The molecule has 6 nitrogen and oxygen atoms in total. The first-order valence-corrected chi connectivity index (χ1v) is 7.21. The molecule has 0 aliphatic rings. The Morgan fingerprint density at radius 3 is 2.81 bits per heavy atom. The van der Waals surface area contributed by atoms with Crippen LogP contribution in [0.5, 0.6) is 0 Å². The standard InChI is InChI=1S/C13H12ClN3O3S/c1-17(5-11-6-21-7-15-11)13(20)16-10-3-8(12(18)19)2-9(14)4-10/h2-4,6-7H,5H2,1H3,(H,16,20)(H,18,19). The number of nitrogens with zero attached hydrogens (tertiary/aromatic N) is 2. The summed E-state index contributed by atoms with van der Waals surface area (Å²) in [6.07, 6.45) is 0. The number of thiazole rings is 1. The fourth-order valence-corrected chi connectivity index (χ4v) is 2.42. The molecule has 2 rings (SSSR count). The summed E-state index contributed by atoms with van der Waals surface area (Å²) in [5.74, 6) is -1.11. The van der Waals surface area contributed by atoms with Gasteiger partial charge in [0.05, 0.1) is 23.3 Å². The number of urea groups is 1. The Bertz CT molecular complexity index is 661. The molecule has 21 heavy (non-hydrogen) atoms. The number of halogens is 1. The van der Waals surface area contributed by atoms with Gasteiger partial charge in [-0.15, -0.1) is 11.3 Å². The molecule has 8 heteroatoms. The Morgan fingerprint density at radius 2 is 2.19 bits per heavy atom. The molecule has 1 heterocycles. The van der Waals surface area contributed by atoms with Crippen molar-refractivity contribution < 1.29 is 14.7 Å². The Morgan fingerprint density at radius 1 is 1.43 bits per heavy atom. The number of hydrogen-bond acceptors (Lipinski definition) is 4. The van der Waals surface area contributed by atoms with Crippen molar-refractivity contribution in [3.05, 3.63) is 45.4 Å². The lowest BCUT2D eigenvalue weighted by Gasteiger charge is -2.17. The first kappa shape index (κ1) is 15.3. The number of carbonyl (C=O) groups excluding carboxylic acids is 1. The molecule has 0 atom stereocenters. The number of anilines is 1. The van der Waals surface area contributed by atoms with Gasteiger partial charge in [-0.3, -0.25) is 0 Å². The fourth-order valence-electron chi connectivity index (χ4n) is 1.63. The average Bonchev–Trinajstić information content (AvgIpc) is 2.90. The van der Waals surface area contributed by atoms with E-state index in [1.807, 2.05) is 5.38 Å². The third kappa shape index (κ3) is 4.17. The van der Waals surface area contributed by atoms with Gasteiger partial charge in [-0.05, 0) is 18.2 Å². The van der Waals surface area contributed by atoms with Crippen LogP contribution in [0.15, 0.2) is 29.1 Å². The lowest BCUT2D eigenvalue weighted by molar-refractivity contribution is 0.0697. The van der Waals surface area contributed by atoms with Crippen molar-refractivity contribution in [2.45, 2.75) is 6.54 Å². The normalized spacial score (nSPS) is 10.2. The molecule has 0 bridgehead atoms. The van der Waals surface area contributed by atoms with Crippen LogP contribution in [0.1, 0.15) is 16.1 Å². The zero-order chi connectivity index (χ0) is 15.4. The second-order valence-corrected chi connectivity index (χ2v) is 5.45. The number of carboxylic acids is 1. The Labute approximate surface area is 130 Å². The van der Waals surface area contributed by atoms with Gasteiger partial charge < -0.3 is 15.3 Å². The number of aromatic carboxylic acids is 1. The highest BCUT2D eigenvalue weighted by Crippen LogP contribution is 2.19. The van der Waals surface area contributed by atoms with Crippen LogP contribution in [-0.2, 0) is 6.54 Å². The van der Waals surface area contributed by atoms with Gasteiger partial charge in [0, 0.05) is 23.1 Å². The number of amides is 2. The maximum absolute atomic E-state index is 12.0. The smallest absolute Gasteiger partial charge is 0.335 e. The van der Waals surface area contributed by atoms with Crippen LogP contribution in [0, 0.1) is 0 Å². The van der Waals surface area contributed by atoms with Gasteiger partial charge >= 0.3 is 12.0 Å². The molecule has 2 N–H and O–H groups in total. The van der Waals surface area contributed by atoms with E-state index in [-0.39, 0.29) is 16.6 Å². The molecule has 110 valence electrons. The van der Waals surface area contributed by atoms with Crippen LogP contribution in [0.4, 0.5) is 10.5 Å². The average molecular weight is 326 g/mol. The van der Waals surface area contributed by atoms with Crippen LogP contribution in [-0.4, -0.2) is 34.0 Å². The first-order valence-electron chi connectivity index (χ1n) is 5.89. The minimum absolute atomic E-state index is 0.0138. The van der Waals surface area contributed by atoms with Crippen molar-refractivity contribution in [2.75, 3.05) is 12.4 Å². The SMILES string of the molecule is CN(Cc1cscn1)C(=O)Nc1cc(Cl)cc(C(=O)O)c1. The molecule has 1 aromatic carbocycles. The van der Waals surface area contributed by atoms with E-state index in [2.05, 4.69) is 10.3 Å². The number of carbonyl (C=O) groups is 2. The number of aromatic nitrogens is 1. The van der Waals surface area contributed by atoms with Crippen molar-refractivity contribution >= 4 is 40.6 Å². The number of rotatable bonds is 4. The first-order chi connectivity index (χ1) is 9.95. The van der Waals surface area contributed by atoms with Gasteiger partial charge in [0.1, 0.15) is 0 Å². The predicted octanol–water partition coefficient (Wildman–Crippen LogP) is 3.16. The van der Waals surface area contributed by atoms with E-state index in [9.17, 15) is 9.59 Å². The number of benzene rings is 1. The van der Waals surface area contributed by atoms with Gasteiger partial charge in [-0.25, -0.2) is 14.6 Å². The van der Waals surface area contributed by atoms with E-state index < -0.39 is 5.97 Å². The summed E-state index contributed by atoms with van der Waals surface area (Å²) >= 11 is 7.29. The van der Waals surface area contributed by atoms with Crippen LogP contribution >= 0.6 is 22.9 Å². The summed E-state index contributed by atoms with van der Waals surface area (Å²) in [5.41, 5.74) is 2.82.